The topological polar surface area (TPSA) is 68.3 Å². The van der Waals surface area contributed by atoms with Gasteiger partial charge in [-0.1, -0.05) is 24.9 Å². The molecule has 0 bridgehead atoms. The Bertz CT molecular complexity index is 873. The van der Waals surface area contributed by atoms with E-state index in [2.05, 4.69) is 10.3 Å². The number of aromatic nitrogens is 1. The van der Waals surface area contributed by atoms with Gasteiger partial charge in [-0.05, 0) is 31.9 Å². The maximum Gasteiger partial charge on any atom is 0.187 e. The van der Waals surface area contributed by atoms with Gasteiger partial charge in [0.05, 0.1) is 5.02 Å². The lowest BCUT2D eigenvalue weighted by Gasteiger charge is -2.32. The molecule has 1 aliphatic rings. The van der Waals surface area contributed by atoms with Crippen LogP contribution < -0.4 is 10.1 Å². The molecule has 3 rings (SSSR count). The Labute approximate surface area is 167 Å². The van der Waals surface area contributed by atoms with E-state index in [4.69, 9.17) is 16.3 Å². The fourth-order valence-corrected chi connectivity index (χ4v) is 5.92. The van der Waals surface area contributed by atoms with Crippen molar-refractivity contribution in [1.29, 1.82) is 0 Å². The average molecular weight is 433 g/mol. The van der Waals surface area contributed by atoms with Crippen molar-refractivity contribution in [3.63, 3.8) is 0 Å². The van der Waals surface area contributed by atoms with Gasteiger partial charge in [0, 0.05) is 23.7 Å². The molecule has 1 heterocycles. The van der Waals surface area contributed by atoms with E-state index in [-0.39, 0.29) is 28.7 Å². The molecule has 27 heavy (non-hydrogen) atoms. The molecule has 0 radical (unpaired) electrons. The van der Waals surface area contributed by atoms with E-state index in [9.17, 15) is 12.8 Å². The summed E-state index contributed by atoms with van der Waals surface area (Å²) in [5.74, 6) is -1.04. The van der Waals surface area contributed by atoms with Gasteiger partial charge in [-0.2, -0.15) is 0 Å². The molecule has 2 atom stereocenters. The molecule has 5 nitrogen and oxygen atoms in total. The number of nitrogens with one attached hydrogen (secondary N) is 1. The van der Waals surface area contributed by atoms with Gasteiger partial charge in [-0.25, -0.2) is 17.8 Å². The van der Waals surface area contributed by atoms with Crippen LogP contribution in [0.2, 0.25) is 5.02 Å². The van der Waals surface area contributed by atoms with Gasteiger partial charge in [-0.3, -0.25) is 0 Å². The van der Waals surface area contributed by atoms with Crippen LogP contribution in [0, 0.1) is 5.82 Å². The van der Waals surface area contributed by atoms with E-state index >= 15 is 0 Å². The number of thiazole rings is 1. The molecule has 2 aromatic rings. The highest BCUT2D eigenvalue weighted by Gasteiger charge is 2.28. The fraction of sp³-hybridized carbons (Fsp3) is 0.500. The molecule has 1 N–H and O–H groups in total. The highest BCUT2D eigenvalue weighted by atomic mass is 35.5. The largest absolute Gasteiger partial charge is 0.487 e. The molecule has 1 aromatic carbocycles. The first kappa shape index (κ1) is 20.5. The standard InChI is InChI=1S/C18H22ClFN2O3S2/c1-2-21-14-5-3-4-6-15(14)25-16-10-13(20)17(9-12(16)19)27(23,24)11-18-22-7-8-26-18/h7-10,14-15,21H,2-6,11H2,1H3/t14-,15-/m0/s1. The second-order valence-corrected chi connectivity index (χ2v) is 9.85. The number of ether oxygens (including phenoxy) is 1. The van der Waals surface area contributed by atoms with Gasteiger partial charge < -0.3 is 10.1 Å². The second-order valence-electron chi connectivity index (χ2n) is 6.50. The highest BCUT2D eigenvalue weighted by Crippen LogP contribution is 2.34. The van der Waals surface area contributed by atoms with E-state index in [0.717, 1.165) is 44.4 Å². The molecule has 0 unspecified atom stereocenters. The number of hydrogen-bond donors (Lipinski definition) is 1. The van der Waals surface area contributed by atoms with E-state index in [0.29, 0.717) is 5.01 Å². The molecule has 0 spiro atoms. The predicted molar refractivity (Wildman–Crippen MR) is 105 cm³/mol. The minimum atomic E-state index is -3.89. The molecule has 1 aromatic heterocycles. The number of nitrogens with zero attached hydrogens (tertiary/aromatic N) is 1. The third kappa shape index (κ3) is 4.99. The number of likely N-dealkylation sites (N-methyl/N-ethyl adjacent to an activating group) is 1. The van der Waals surface area contributed by atoms with Gasteiger partial charge in [0.15, 0.2) is 9.84 Å². The quantitative estimate of drug-likeness (QED) is 0.709. The lowest BCUT2D eigenvalue weighted by Crippen LogP contribution is -2.45. The predicted octanol–water partition coefficient (Wildman–Crippen LogP) is 4.21. The van der Waals surface area contributed by atoms with Crippen molar-refractivity contribution in [2.24, 2.45) is 0 Å². The molecular weight excluding hydrogens is 411 g/mol. The van der Waals surface area contributed by atoms with Gasteiger partial charge in [0.1, 0.15) is 33.3 Å². The molecule has 1 saturated carbocycles. The van der Waals surface area contributed by atoms with Crippen LogP contribution in [0.1, 0.15) is 37.6 Å². The summed E-state index contributed by atoms with van der Waals surface area (Å²) in [7, 11) is -3.89. The van der Waals surface area contributed by atoms with Crippen molar-refractivity contribution in [3.05, 3.63) is 39.6 Å². The van der Waals surface area contributed by atoms with Crippen LogP contribution in [0.5, 0.6) is 5.75 Å². The van der Waals surface area contributed by atoms with Crippen LogP contribution in [0.4, 0.5) is 4.39 Å². The summed E-state index contributed by atoms with van der Waals surface area (Å²) >= 11 is 7.45. The van der Waals surface area contributed by atoms with Crippen molar-refractivity contribution in [1.82, 2.24) is 10.3 Å². The number of hydrogen-bond acceptors (Lipinski definition) is 6. The first-order chi connectivity index (χ1) is 12.9. The van der Waals surface area contributed by atoms with Crippen molar-refractivity contribution >= 4 is 32.8 Å². The molecule has 0 amide bonds. The zero-order valence-corrected chi connectivity index (χ0v) is 17.3. The lowest BCUT2D eigenvalue weighted by atomic mass is 9.92. The zero-order chi connectivity index (χ0) is 19.4. The molecule has 148 valence electrons. The first-order valence-corrected chi connectivity index (χ1v) is 11.8. The average Bonchev–Trinajstić information content (AvgIpc) is 3.12. The van der Waals surface area contributed by atoms with Crippen LogP contribution in [-0.4, -0.2) is 32.1 Å². The summed E-state index contributed by atoms with van der Waals surface area (Å²) in [5.41, 5.74) is 0. The van der Waals surface area contributed by atoms with Crippen LogP contribution >= 0.6 is 22.9 Å². The summed E-state index contributed by atoms with van der Waals surface area (Å²) in [4.78, 5) is 3.52. The van der Waals surface area contributed by atoms with Gasteiger partial charge >= 0.3 is 0 Å². The van der Waals surface area contributed by atoms with Gasteiger partial charge in [0.25, 0.3) is 0 Å². The Kier molecular flexibility index (Phi) is 6.73. The summed E-state index contributed by atoms with van der Waals surface area (Å²) in [6.07, 6.45) is 5.38. The first-order valence-electron chi connectivity index (χ1n) is 8.91. The van der Waals surface area contributed by atoms with Crippen LogP contribution in [0.3, 0.4) is 0 Å². The summed E-state index contributed by atoms with van der Waals surface area (Å²) in [5, 5.41) is 5.56. The van der Waals surface area contributed by atoms with Crippen molar-refractivity contribution in [2.45, 2.75) is 55.4 Å². The Balaban J connectivity index is 1.82. The monoisotopic (exact) mass is 432 g/mol. The maximum atomic E-state index is 14.6. The molecule has 0 aliphatic heterocycles. The van der Waals surface area contributed by atoms with Gasteiger partial charge in [0.2, 0.25) is 0 Å². The smallest absolute Gasteiger partial charge is 0.187 e. The van der Waals surface area contributed by atoms with E-state index in [1.165, 1.54) is 17.5 Å². The molecule has 1 aliphatic carbocycles. The summed E-state index contributed by atoms with van der Waals surface area (Å²) in [6, 6.07) is 2.39. The second kappa shape index (κ2) is 8.86. The van der Waals surface area contributed by atoms with Crippen LogP contribution in [0.15, 0.2) is 28.6 Å². The molecule has 9 heteroatoms. The Morgan fingerprint density at radius 2 is 2.15 bits per heavy atom. The Morgan fingerprint density at radius 1 is 1.37 bits per heavy atom. The number of rotatable bonds is 7. The van der Waals surface area contributed by atoms with E-state index in [1.807, 2.05) is 6.92 Å². The molecule has 0 saturated heterocycles. The maximum absolute atomic E-state index is 14.6. The minimum absolute atomic E-state index is 0.0925. The van der Waals surface area contributed by atoms with Crippen molar-refractivity contribution < 1.29 is 17.5 Å². The Hall–Kier alpha value is -1.22. The number of sulfone groups is 1. The minimum Gasteiger partial charge on any atom is -0.487 e. The molecule has 1 fully saturated rings. The third-order valence-corrected chi connectivity index (χ3v) is 7.46. The third-order valence-electron chi connectivity index (χ3n) is 4.57. The van der Waals surface area contributed by atoms with Crippen molar-refractivity contribution in [2.75, 3.05) is 6.54 Å². The summed E-state index contributed by atoms with van der Waals surface area (Å²) in [6.45, 7) is 2.85. The SMILES string of the molecule is CCN[C@H]1CCCC[C@@H]1Oc1cc(F)c(S(=O)(=O)Cc2nccs2)cc1Cl. The fourth-order valence-electron chi connectivity index (χ4n) is 3.30. The van der Waals surface area contributed by atoms with Crippen LogP contribution in [0.25, 0.3) is 0 Å². The lowest BCUT2D eigenvalue weighted by molar-refractivity contribution is 0.114. The van der Waals surface area contributed by atoms with Gasteiger partial charge in [-0.15, -0.1) is 11.3 Å². The molecular formula is C18H22ClFN2O3S2. The zero-order valence-electron chi connectivity index (χ0n) is 15.0. The van der Waals surface area contributed by atoms with E-state index < -0.39 is 20.5 Å². The van der Waals surface area contributed by atoms with Crippen molar-refractivity contribution in [3.8, 4) is 5.75 Å². The number of benzene rings is 1. The highest BCUT2D eigenvalue weighted by molar-refractivity contribution is 7.90. The van der Waals surface area contributed by atoms with Crippen LogP contribution in [-0.2, 0) is 15.6 Å². The summed E-state index contributed by atoms with van der Waals surface area (Å²) < 4.78 is 45.6. The van der Waals surface area contributed by atoms with E-state index in [1.54, 1.807) is 5.38 Å². The Morgan fingerprint density at radius 3 is 2.85 bits per heavy atom. The number of halogens is 2. The normalized spacial score (nSPS) is 20.6.